The zero-order valence-corrected chi connectivity index (χ0v) is 12.5. The van der Waals surface area contributed by atoms with Gasteiger partial charge in [-0.25, -0.2) is 0 Å². The number of thiocarbonyl (C=S) groups is 1. The molecule has 1 saturated heterocycles. The number of hydrogen-bond donors (Lipinski definition) is 0. The van der Waals surface area contributed by atoms with E-state index in [0.29, 0.717) is 21.5 Å². The van der Waals surface area contributed by atoms with Gasteiger partial charge in [0, 0.05) is 12.6 Å². The second-order valence-corrected chi connectivity index (χ2v) is 5.96. The fourth-order valence-electron chi connectivity index (χ4n) is 1.32. The van der Waals surface area contributed by atoms with Crippen LogP contribution in [-0.4, -0.2) is 21.7 Å². The Morgan fingerprint density at radius 2 is 2.35 bits per heavy atom. The molecule has 0 saturated carbocycles. The molecule has 0 radical (unpaired) electrons. The fraction of sp³-hybridized carbons (Fsp3) is 0.0909. The molecule has 0 aromatic carbocycles. The maximum Gasteiger partial charge on any atom is 0.266 e. The van der Waals surface area contributed by atoms with Crippen molar-refractivity contribution in [2.75, 3.05) is 6.54 Å². The Morgan fingerprint density at radius 3 is 2.94 bits per heavy atom. The third kappa shape index (κ3) is 2.80. The van der Waals surface area contributed by atoms with Gasteiger partial charge in [-0.3, -0.25) is 9.69 Å². The van der Waals surface area contributed by atoms with E-state index in [0.717, 1.165) is 3.77 Å². The van der Waals surface area contributed by atoms with Crippen molar-refractivity contribution in [3.05, 3.63) is 39.2 Å². The molecule has 6 heteroatoms. The number of thioether (sulfide) groups is 1. The second-order valence-electron chi connectivity index (χ2n) is 3.22. The van der Waals surface area contributed by atoms with Crippen molar-refractivity contribution in [3.8, 4) is 0 Å². The number of amides is 1. The molecule has 2 heterocycles. The van der Waals surface area contributed by atoms with Gasteiger partial charge in [-0.1, -0.05) is 30.1 Å². The third-order valence-electron chi connectivity index (χ3n) is 2.05. The first-order valence-electron chi connectivity index (χ1n) is 4.73. The molecule has 88 valence electrons. The van der Waals surface area contributed by atoms with Crippen molar-refractivity contribution in [3.63, 3.8) is 0 Å². The summed E-state index contributed by atoms with van der Waals surface area (Å²) in [6.45, 7) is 4.05. The van der Waals surface area contributed by atoms with Crippen molar-refractivity contribution in [1.82, 2.24) is 4.90 Å². The fourth-order valence-corrected chi connectivity index (χ4v) is 3.01. The highest BCUT2D eigenvalue weighted by Gasteiger charge is 2.31. The molecule has 1 fully saturated rings. The van der Waals surface area contributed by atoms with E-state index in [-0.39, 0.29) is 5.91 Å². The van der Waals surface area contributed by atoms with Crippen LogP contribution >= 0.6 is 46.6 Å². The molecule has 17 heavy (non-hydrogen) atoms. The van der Waals surface area contributed by atoms with Gasteiger partial charge in [0.05, 0.1) is 4.91 Å². The van der Waals surface area contributed by atoms with Gasteiger partial charge in [0.2, 0.25) is 0 Å². The van der Waals surface area contributed by atoms with E-state index in [1.54, 1.807) is 12.2 Å². The zero-order valence-electron chi connectivity index (χ0n) is 8.68. The van der Waals surface area contributed by atoms with Gasteiger partial charge in [0.25, 0.3) is 5.91 Å². The molecule has 1 aromatic rings. The topological polar surface area (TPSA) is 33.5 Å². The number of rotatable bonds is 3. The summed E-state index contributed by atoms with van der Waals surface area (Å²) >= 11 is 8.49. The molecular formula is C11H8INO2S2. The number of carbonyl (C=O) groups is 1. The normalized spacial score (nSPS) is 18.2. The van der Waals surface area contributed by atoms with Crippen molar-refractivity contribution < 1.29 is 9.21 Å². The van der Waals surface area contributed by atoms with Crippen molar-refractivity contribution in [2.45, 2.75) is 0 Å². The maximum atomic E-state index is 12.0. The first-order chi connectivity index (χ1) is 8.11. The van der Waals surface area contributed by atoms with Crippen LogP contribution in [0.3, 0.4) is 0 Å². The summed E-state index contributed by atoms with van der Waals surface area (Å²) in [6, 6.07) is 3.67. The third-order valence-corrected chi connectivity index (χ3v) is 4.01. The number of nitrogens with zero attached hydrogens (tertiary/aromatic N) is 1. The lowest BCUT2D eigenvalue weighted by atomic mass is 10.3. The SMILES string of the molecule is C=CCN1C(=O)/C(=C\c2ccc(I)o2)SC1=S. The van der Waals surface area contributed by atoms with E-state index in [2.05, 4.69) is 29.2 Å². The first kappa shape index (κ1) is 12.8. The predicted molar refractivity (Wildman–Crippen MR) is 81.5 cm³/mol. The standard InChI is InChI=1S/C11H8INO2S2/c1-2-5-13-10(14)8(17-11(13)16)6-7-3-4-9(12)15-7/h2-4,6H,1,5H2/b8-6+. The number of hydrogen-bond acceptors (Lipinski definition) is 4. The van der Waals surface area contributed by atoms with Crippen molar-refractivity contribution >= 4 is 62.9 Å². The Balaban J connectivity index is 2.24. The lowest BCUT2D eigenvalue weighted by Gasteiger charge is -2.10. The molecule has 2 rings (SSSR count). The number of halogens is 1. The maximum absolute atomic E-state index is 12.0. The molecule has 0 aliphatic carbocycles. The number of furan rings is 1. The zero-order chi connectivity index (χ0) is 12.4. The van der Waals surface area contributed by atoms with Crippen LogP contribution in [0.2, 0.25) is 0 Å². The van der Waals surface area contributed by atoms with Gasteiger partial charge in [-0.05, 0) is 34.7 Å². The van der Waals surface area contributed by atoms with Crippen molar-refractivity contribution in [1.29, 1.82) is 0 Å². The van der Waals surface area contributed by atoms with Gasteiger partial charge < -0.3 is 4.42 Å². The Kier molecular flexibility index (Phi) is 4.05. The largest absolute Gasteiger partial charge is 0.451 e. The minimum Gasteiger partial charge on any atom is -0.451 e. The van der Waals surface area contributed by atoms with Gasteiger partial charge in [0.15, 0.2) is 3.77 Å². The summed E-state index contributed by atoms with van der Waals surface area (Å²) in [5.74, 6) is 0.569. The molecule has 0 atom stereocenters. The number of carbonyl (C=O) groups excluding carboxylic acids is 1. The quantitative estimate of drug-likeness (QED) is 0.351. The summed E-state index contributed by atoms with van der Waals surface area (Å²) in [6.07, 6.45) is 3.37. The Morgan fingerprint density at radius 1 is 1.59 bits per heavy atom. The Labute approximate surface area is 122 Å². The van der Waals surface area contributed by atoms with Crippen LogP contribution < -0.4 is 0 Å². The van der Waals surface area contributed by atoms with E-state index >= 15 is 0 Å². The van der Waals surface area contributed by atoms with Gasteiger partial charge >= 0.3 is 0 Å². The molecular weight excluding hydrogens is 369 g/mol. The molecule has 1 amide bonds. The van der Waals surface area contributed by atoms with E-state index in [1.807, 2.05) is 12.1 Å². The van der Waals surface area contributed by atoms with Crippen LogP contribution in [0.1, 0.15) is 5.76 Å². The van der Waals surface area contributed by atoms with Crippen LogP contribution in [-0.2, 0) is 4.79 Å². The van der Waals surface area contributed by atoms with Crippen LogP contribution in [0.4, 0.5) is 0 Å². The van der Waals surface area contributed by atoms with E-state index < -0.39 is 0 Å². The first-order valence-corrected chi connectivity index (χ1v) is 7.04. The second kappa shape index (κ2) is 5.36. The lowest BCUT2D eigenvalue weighted by Crippen LogP contribution is -2.27. The van der Waals surface area contributed by atoms with Crippen LogP contribution in [0.25, 0.3) is 6.08 Å². The highest BCUT2D eigenvalue weighted by Crippen LogP contribution is 2.32. The molecule has 0 N–H and O–H groups in total. The summed E-state index contributed by atoms with van der Waals surface area (Å²) in [5, 5.41) is 0. The molecule has 1 aliphatic heterocycles. The smallest absolute Gasteiger partial charge is 0.266 e. The van der Waals surface area contributed by atoms with Crippen LogP contribution in [0, 0.1) is 3.77 Å². The summed E-state index contributed by atoms with van der Waals surface area (Å²) < 4.78 is 6.73. The molecule has 0 bridgehead atoms. The molecule has 3 nitrogen and oxygen atoms in total. The van der Waals surface area contributed by atoms with E-state index in [9.17, 15) is 4.79 Å². The van der Waals surface area contributed by atoms with Gasteiger partial charge in [-0.15, -0.1) is 6.58 Å². The predicted octanol–water partition coefficient (Wildman–Crippen LogP) is 3.27. The Hall–Kier alpha value is -0.600. The van der Waals surface area contributed by atoms with Gasteiger partial charge in [0.1, 0.15) is 10.1 Å². The average molecular weight is 377 g/mol. The summed E-state index contributed by atoms with van der Waals surface area (Å²) in [4.78, 5) is 14.1. The minimum atomic E-state index is -0.0914. The van der Waals surface area contributed by atoms with Crippen LogP contribution in [0.5, 0.6) is 0 Å². The summed E-state index contributed by atoms with van der Waals surface area (Å²) in [7, 11) is 0. The molecule has 1 aromatic heterocycles. The van der Waals surface area contributed by atoms with Crippen LogP contribution in [0.15, 0.2) is 34.1 Å². The minimum absolute atomic E-state index is 0.0914. The molecule has 0 spiro atoms. The highest BCUT2D eigenvalue weighted by atomic mass is 127. The van der Waals surface area contributed by atoms with Crippen molar-refractivity contribution in [2.24, 2.45) is 0 Å². The molecule has 1 aliphatic rings. The average Bonchev–Trinajstić information content (AvgIpc) is 2.79. The Bertz CT molecular complexity index is 521. The lowest BCUT2D eigenvalue weighted by molar-refractivity contribution is -0.121. The van der Waals surface area contributed by atoms with E-state index in [1.165, 1.54) is 16.7 Å². The monoisotopic (exact) mass is 377 g/mol. The van der Waals surface area contributed by atoms with Gasteiger partial charge in [-0.2, -0.15) is 0 Å². The highest BCUT2D eigenvalue weighted by molar-refractivity contribution is 14.1. The summed E-state index contributed by atoms with van der Waals surface area (Å²) in [5.41, 5.74) is 0. The van der Waals surface area contributed by atoms with E-state index in [4.69, 9.17) is 16.6 Å². The molecule has 0 unspecified atom stereocenters.